The Bertz CT molecular complexity index is 7320. The number of nitrogen functional groups attached to an aromatic ring is 5. The molecule has 7 aliphatic heterocycles. The summed E-state index contributed by atoms with van der Waals surface area (Å²) < 4.78 is 238. The molecular formula is C72H96N25O34P7S7. The number of anilines is 5. The number of hydrogen-bond donors (Lipinski definition) is 14. The zero-order valence-electron chi connectivity index (χ0n) is 76.4. The minimum atomic E-state index is -4.88. The van der Waals surface area contributed by atoms with Crippen molar-refractivity contribution in [2.24, 2.45) is 0 Å². The van der Waals surface area contributed by atoms with E-state index in [1.165, 1.54) is 88.5 Å². The highest BCUT2D eigenvalue weighted by molar-refractivity contribution is 8.46. The molecule has 59 nitrogen and oxygen atoms in total. The van der Waals surface area contributed by atoms with Crippen LogP contribution in [0.4, 0.5) is 29.1 Å². The number of aryl methyl sites for hydroxylation is 4. The summed E-state index contributed by atoms with van der Waals surface area (Å²) in [5.41, 5.74) is 27.6. The second-order valence-corrected chi connectivity index (χ2v) is 54.1. The van der Waals surface area contributed by atoms with Gasteiger partial charge in [-0.25, -0.2) is 96.0 Å². The maximum Gasteiger partial charge on any atom is 0.386 e. The van der Waals surface area contributed by atoms with Crippen LogP contribution in [0.15, 0.2) is 91.5 Å². The molecule has 145 heavy (non-hydrogen) atoms. The maximum absolute atomic E-state index is 15.2. The topological polar surface area (TPSA) is 754 Å². The summed E-state index contributed by atoms with van der Waals surface area (Å²) in [5.74, 6) is -0.0769. The molecule has 7 fully saturated rings. The lowest BCUT2D eigenvalue weighted by molar-refractivity contribution is -0.0534. The standard InChI is InChI=1S/C72H96N25O34P7S7/c1-7-35-36(8-49(118-35)91-15-31(2)59(73)87-69(91)100)126-133(105,140)112-22-46-40(12-53(122-46)95-28-84-56-61(75)78-25-81-64(56)95)130-137(109,144)116-24-48-42(14-55(124-48)97-30-86-58-63(77)80-27-83-66(58)97)131-138(110,145)117-23-47-41(13-54(123-47)96-29-85-57-62(76)79-26-82-65(57)96)129-136(108,143)115-21-45-39(11-52(121-45)94-18-34(5)68(99)90-72(94)103)128-135(107,142)114-20-44-38(10-50(120-44)92-16-32(3)60(74)88-70(92)101)127-134(106,141)113-19-43-37(125-132(104,139)111-6)9-51(119-43)93-17-33(4)67(98)89-71(93)102/h15-18,25-30,35-55H,7-14,19-24H2,1-6H3,(H,104,139)(H,105,140)(H,106,141)(H,107,142)(H,108,143)(H,109,144)(H,110,145)(H2,73,87,100)(H2,74,88,101)(H2,75,78,81)(H2,76,79,82)(H2,77,80,83)(H,89,98,102)(H,90,99,103)/t35-,36-,37-,38-,39-,40-,41-,42-,43-,44-,45-,46-,47-,48-,49-,50-,51-,52-,53-,54-,55-,132?,133?,134?,135?,136?,137?,138?/m1/s1. The van der Waals surface area contributed by atoms with E-state index in [1.54, 1.807) is 20.8 Å². The molecule has 0 spiro atoms. The van der Waals surface area contributed by atoms with Crippen LogP contribution in [0.2, 0.25) is 0 Å². The molecule has 0 amide bonds. The lowest BCUT2D eigenvalue weighted by Crippen LogP contribution is -2.33. The number of nitrogens with one attached hydrogen (secondary N) is 2. The molecule has 10 aromatic rings. The Morgan fingerprint density at radius 2 is 0.552 bits per heavy atom. The van der Waals surface area contributed by atoms with Crippen molar-refractivity contribution in [3.8, 4) is 0 Å². The van der Waals surface area contributed by atoms with Gasteiger partial charge in [0.2, 0.25) is 0 Å². The van der Waals surface area contributed by atoms with E-state index in [9.17, 15) is 51.6 Å². The van der Waals surface area contributed by atoms with Crippen LogP contribution in [-0.2, 0) is 128 Å². The zero-order valence-corrected chi connectivity index (χ0v) is 88.9. The Labute approximate surface area is 853 Å². The minimum Gasteiger partial charge on any atom is -0.383 e. The lowest BCUT2D eigenvalue weighted by Gasteiger charge is -2.27. The first-order valence-corrected chi connectivity index (χ1v) is 62.5. The van der Waals surface area contributed by atoms with Gasteiger partial charge in [-0.05, 0) is 34.1 Å². The third kappa shape index (κ3) is 25.3. The van der Waals surface area contributed by atoms with Crippen LogP contribution in [0, 0.1) is 27.7 Å². The van der Waals surface area contributed by atoms with Crippen molar-refractivity contribution in [2.45, 2.75) is 215 Å². The van der Waals surface area contributed by atoms with Gasteiger partial charge in [0.1, 0.15) is 164 Å². The Morgan fingerprint density at radius 3 is 0.807 bits per heavy atom. The predicted octanol–water partition coefficient (Wildman–Crippen LogP) is 7.40. The van der Waals surface area contributed by atoms with Gasteiger partial charge >= 0.3 is 70.3 Å². The van der Waals surface area contributed by atoms with Gasteiger partial charge in [0, 0.05) is 99.1 Å². The van der Waals surface area contributed by atoms with E-state index in [4.69, 9.17) is 125 Å². The third-order valence-corrected chi connectivity index (χ3v) is 35.8. The van der Waals surface area contributed by atoms with Gasteiger partial charge in [0.05, 0.1) is 70.8 Å². The van der Waals surface area contributed by atoms with Crippen LogP contribution in [0.3, 0.4) is 0 Å². The zero-order chi connectivity index (χ0) is 104. The van der Waals surface area contributed by atoms with E-state index in [-0.39, 0.29) is 112 Å². The average molecular weight is 2300 g/mol. The van der Waals surface area contributed by atoms with Crippen LogP contribution in [0.1, 0.15) is 124 Å². The highest BCUT2D eigenvalue weighted by Gasteiger charge is 2.53. The fourth-order valence-electron chi connectivity index (χ4n) is 17.0. The number of H-pyrrole nitrogens is 2. The van der Waals surface area contributed by atoms with E-state index >= 15 is 9.13 Å². The maximum atomic E-state index is 15.2. The number of aromatic nitrogens is 20. The molecule has 17 heterocycles. The summed E-state index contributed by atoms with van der Waals surface area (Å²) in [5, 5.41) is 0. The molecule has 0 radical (unpaired) electrons. The summed E-state index contributed by atoms with van der Waals surface area (Å²) >= 11 is 30.2. The number of rotatable bonds is 41. The SMILES string of the molecule is CC[C@H]1O[C@@H](n2cc(C)c(N)nc2=O)C[C@H]1OP(=O)(S)OC[C@H]1O[C@@H](n2cnc3c(N)ncnc32)C[C@H]1OP(=O)(S)OC[C@H]1O[C@@H](n2cnc3c(N)ncnc32)C[C@H]1OP(=O)(S)OC[C@H]1O[C@@H](n2cnc3c(N)ncnc32)C[C@H]1OP(=O)(S)OC[C@H]1O[C@@H](n2cc(C)c(=O)[nH]c2=O)C[C@H]1OP(=O)(S)OC[C@H]1O[C@@H](n2cc(C)c(N)nc2=O)C[C@H]1OP(=O)(S)OC[C@H]1O[C@@H](n2cc(C)c(=O)[nH]c2=O)C[C@H]1OP(=O)(S)OC. The summed E-state index contributed by atoms with van der Waals surface area (Å²) in [4.78, 5) is 128. The van der Waals surface area contributed by atoms with E-state index in [0.717, 1.165) is 27.1 Å². The van der Waals surface area contributed by atoms with Crippen molar-refractivity contribution in [1.82, 2.24) is 96.8 Å². The molecule has 0 bridgehead atoms. The first-order valence-electron chi connectivity index (χ1n) is 43.7. The monoisotopic (exact) mass is 2300 g/mol. The van der Waals surface area contributed by atoms with Crippen LogP contribution in [-0.4, -0.2) is 229 Å². The van der Waals surface area contributed by atoms with Gasteiger partial charge in [0.15, 0.2) is 34.4 Å². The molecule has 0 aliphatic carbocycles. The van der Waals surface area contributed by atoms with Crippen LogP contribution < -0.4 is 62.5 Å². The van der Waals surface area contributed by atoms with Gasteiger partial charge in [-0.3, -0.25) is 110 Å². The smallest absolute Gasteiger partial charge is 0.383 e. The molecule has 7 saturated heterocycles. The van der Waals surface area contributed by atoms with Crippen molar-refractivity contribution < 1.29 is 128 Å². The van der Waals surface area contributed by atoms with Crippen molar-refractivity contribution in [3.05, 3.63) is 148 Å². The first kappa shape index (κ1) is 109. The molecule has 10 aromatic heterocycles. The van der Waals surface area contributed by atoms with Crippen molar-refractivity contribution >= 4 is 196 Å². The molecule has 73 heteroatoms. The number of thiol groups is 7. The quantitative estimate of drug-likeness (QED) is 0.0131. The number of hydrogen-bond acceptors (Lipinski definition) is 50. The summed E-state index contributed by atoms with van der Waals surface area (Å²) in [6.45, 7) is -29.3. The lowest BCUT2D eigenvalue weighted by atomic mass is 10.1. The third-order valence-electron chi connectivity index (χ3n) is 24.2. The summed E-state index contributed by atoms with van der Waals surface area (Å²) in [7, 11) is 1.06. The minimum absolute atomic E-state index is 0.00173. The Morgan fingerprint density at radius 1 is 0.324 bits per heavy atom. The molecule has 0 aromatic carbocycles. The molecule has 7 unspecified atom stereocenters. The number of ether oxygens (including phenoxy) is 7. The molecule has 790 valence electrons. The van der Waals surface area contributed by atoms with E-state index < -0.39 is 257 Å². The van der Waals surface area contributed by atoms with Gasteiger partial charge in [-0.1, -0.05) is 92.7 Å². The molecule has 7 aliphatic rings. The summed E-state index contributed by atoms with van der Waals surface area (Å²) in [6, 6.07) is 0. The fourth-order valence-corrected chi connectivity index (χ4v) is 27.1. The van der Waals surface area contributed by atoms with Crippen LogP contribution in [0.5, 0.6) is 0 Å². The van der Waals surface area contributed by atoms with Crippen molar-refractivity contribution in [3.63, 3.8) is 0 Å². The van der Waals surface area contributed by atoms with Gasteiger partial charge in [-0.15, -0.1) is 0 Å². The number of fused-ring (bicyclic) bond motifs is 3. The second-order valence-electron chi connectivity index (χ2n) is 33.9. The number of aromatic amines is 2. The number of imidazole rings is 3. The number of nitrogens with zero attached hydrogens (tertiary/aromatic N) is 18. The average Bonchev–Trinajstić information content (AvgIpc) is 1.63. The largest absolute Gasteiger partial charge is 0.386 e. The molecule has 0 saturated carbocycles. The second kappa shape index (κ2) is 44.0. The van der Waals surface area contributed by atoms with E-state index in [1.807, 2.05) is 0 Å². The van der Waals surface area contributed by atoms with Crippen molar-refractivity contribution in [1.29, 1.82) is 0 Å². The molecule has 28 atom stereocenters. The van der Waals surface area contributed by atoms with Crippen LogP contribution in [0.25, 0.3) is 33.5 Å². The Balaban J connectivity index is 0.584. The highest BCUT2D eigenvalue weighted by Crippen LogP contribution is 2.65. The van der Waals surface area contributed by atoms with Crippen LogP contribution >= 0.6 is 133 Å². The highest BCUT2D eigenvalue weighted by atomic mass is 32.7. The van der Waals surface area contributed by atoms with E-state index in [0.29, 0.717) is 17.5 Å². The molecule has 12 N–H and O–H groups in total. The normalized spacial score (nSPS) is 29.6. The molecule has 17 rings (SSSR count). The summed E-state index contributed by atoms with van der Waals surface area (Å²) in [6.07, 6.45) is -15.5. The van der Waals surface area contributed by atoms with Gasteiger partial charge in [-0.2, -0.15) is 9.97 Å². The predicted molar refractivity (Wildman–Crippen MR) is 530 cm³/mol. The Kier molecular flexibility index (Phi) is 33.1. The Hall–Kier alpha value is -7.01. The van der Waals surface area contributed by atoms with E-state index in [2.05, 4.69) is 151 Å². The molecular weight excluding hydrogens is 2200 g/mol. The van der Waals surface area contributed by atoms with Gasteiger partial charge < -0.3 is 66.4 Å². The van der Waals surface area contributed by atoms with Crippen molar-refractivity contribution in [2.75, 3.05) is 75.4 Å². The number of nitrogens with two attached hydrogens (primary N) is 5. The van der Waals surface area contributed by atoms with Gasteiger partial charge in [0.25, 0.3) is 11.1 Å². The first-order chi connectivity index (χ1) is 68.4. The fraction of sp³-hybridized carbons (Fsp3) is 0.569.